The van der Waals surface area contributed by atoms with Gasteiger partial charge < -0.3 is 15.1 Å². The monoisotopic (exact) mass is 381 g/mol. The maximum absolute atomic E-state index is 12.4. The summed E-state index contributed by atoms with van der Waals surface area (Å²) in [5.41, 5.74) is 1.55. The van der Waals surface area contributed by atoms with E-state index in [-0.39, 0.29) is 12.1 Å². The number of likely N-dealkylation sites (N-methyl/N-ethyl adjacent to an activating group) is 1. The van der Waals surface area contributed by atoms with Gasteiger partial charge in [-0.2, -0.15) is 0 Å². The molecule has 9 nitrogen and oxygen atoms in total. The number of hydrogen-bond donors (Lipinski definition) is 2. The fourth-order valence-corrected chi connectivity index (χ4v) is 3.07. The summed E-state index contributed by atoms with van der Waals surface area (Å²) in [7, 11) is 3.89. The molecule has 1 fully saturated rings. The highest BCUT2D eigenvalue weighted by Gasteiger charge is 2.28. The predicted octanol–water partition coefficient (Wildman–Crippen LogP) is 2.69. The van der Waals surface area contributed by atoms with Gasteiger partial charge in [0.15, 0.2) is 5.82 Å². The second kappa shape index (κ2) is 7.81. The minimum atomic E-state index is -0.280. The molecule has 1 aromatic carbocycles. The van der Waals surface area contributed by atoms with E-state index < -0.39 is 0 Å². The Kier molecular flexibility index (Phi) is 5.07. The zero-order valence-corrected chi connectivity index (χ0v) is 15.9. The third kappa shape index (κ3) is 4.04. The van der Waals surface area contributed by atoms with Gasteiger partial charge in [0.2, 0.25) is 0 Å². The molecule has 1 saturated carbocycles. The van der Waals surface area contributed by atoms with Gasteiger partial charge in [-0.3, -0.25) is 4.90 Å². The number of nitrogens with zero attached hydrogens (tertiary/aromatic N) is 5. The molecule has 146 valence electrons. The first-order valence-corrected chi connectivity index (χ1v) is 9.25. The number of rotatable bonds is 7. The zero-order chi connectivity index (χ0) is 19.5. The molecule has 0 spiro atoms. The lowest BCUT2D eigenvalue weighted by atomic mass is 10.2. The van der Waals surface area contributed by atoms with Crippen LogP contribution in [0.2, 0.25) is 0 Å². The van der Waals surface area contributed by atoms with Gasteiger partial charge in [0, 0.05) is 17.8 Å². The Morgan fingerprint density at radius 2 is 2.18 bits per heavy atom. The Labute approximate surface area is 162 Å². The van der Waals surface area contributed by atoms with Crippen LogP contribution in [-0.2, 0) is 0 Å². The molecule has 1 aliphatic carbocycles. The van der Waals surface area contributed by atoms with Crippen LogP contribution < -0.4 is 10.6 Å². The number of carbonyl (C=O) groups is 1. The van der Waals surface area contributed by atoms with Crippen LogP contribution in [0.4, 0.5) is 10.5 Å². The fraction of sp³-hybridized carbons (Fsp3) is 0.368. The number of aromatic nitrogens is 4. The maximum atomic E-state index is 12.4. The number of tetrazole rings is 1. The summed E-state index contributed by atoms with van der Waals surface area (Å²) in [6, 6.07) is 11.3. The molecule has 9 heteroatoms. The smallest absolute Gasteiger partial charge is 0.319 e. The molecule has 0 bridgehead atoms. The first-order chi connectivity index (χ1) is 13.6. The van der Waals surface area contributed by atoms with Gasteiger partial charge in [0.1, 0.15) is 5.76 Å². The third-order valence-electron chi connectivity index (χ3n) is 4.72. The second-order valence-electron chi connectivity index (χ2n) is 7.09. The van der Waals surface area contributed by atoms with Crippen molar-refractivity contribution >= 4 is 11.7 Å². The van der Waals surface area contributed by atoms with Crippen molar-refractivity contribution in [2.75, 3.05) is 26.0 Å². The average molecular weight is 381 g/mol. The molecule has 2 N–H and O–H groups in total. The molecule has 0 aliphatic heterocycles. The van der Waals surface area contributed by atoms with Crippen molar-refractivity contribution in [3.63, 3.8) is 0 Å². The normalized spacial score (nSPS) is 14.8. The maximum Gasteiger partial charge on any atom is 0.319 e. The largest absolute Gasteiger partial charge is 0.468 e. The van der Waals surface area contributed by atoms with E-state index in [0.717, 1.165) is 30.0 Å². The summed E-state index contributed by atoms with van der Waals surface area (Å²) in [6.45, 7) is 0.423. The van der Waals surface area contributed by atoms with E-state index in [1.807, 2.05) is 60.1 Å². The van der Waals surface area contributed by atoms with Crippen molar-refractivity contribution in [1.82, 2.24) is 30.4 Å². The molecule has 0 saturated heterocycles. The number of nitrogens with one attached hydrogen (secondary N) is 2. The molecular formula is C19H23N7O2. The minimum absolute atomic E-state index is 0.0461. The van der Waals surface area contributed by atoms with Crippen LogP contribution in [0.3, 0.4) is 0 Å². The number of carbonyl (C=O) groups excluding carboxylic acids is 1. The third-order valence-corrected chi connectivity index (χ3v) is 4.72. The van der Waals surface area contributed by atoms with Crippen LogP contribution in [0, 0.1) is 0 Å². The van der Waals surface area contributed by atoms with Crippen molar-refractivity contribution in [1.29, 1.82) is 0 Å². The number of urea groups is 1. The second-order valence-corrected chi connectivity index (χ2v) is 7.09. The first-order valence-electron chi connectivity index (χ1n) is 9.25. The van der Waals surface area contributed by atoms with E-state index in [1.54, 1.807) is 6.26 Å². The summed E-state index contributed by atoms with van der Waals surface area (Å²) in [5, 5.41) is 17.8. The number of benzene rings is 1. The van der Waals surface area contributed by atoms with Gasteiger partial charge in [-0.15, -0.1) is 5.10 Å². The highest BCUT2D eigenvalue weighted by molar-refractivity contribution is 5.89. The highest BCUT2D eigenvalue weighted by Crippen LogP contribution is 2.36. The van der Waals surface area contributed by atoms with Crippen molar-refractivity contribution in [3.8, 4) is 11.4 Å². The standard InChI is InChI=1S/C19H23N7O2/c1-25(2)16(17-7-4-10-28-17)12-20-19(27)21-14-6-3-5-13(11-14)18-22-23-24-26(18)15-8-9-15/h3-7,10-11,15-16H,8-9,12H2,1-2H3,(H2,20,21,27)/t16-/m0/s1. The van der Waals surface area contributed by atoms with Crippen molar-refractivity contribution < 1.29 is 9.21 Å². The topological polar surface area (TPSA) is 101 Å². The molecule has 2 amide bonds. The molecule has 4 rings (SSSR count). The fourth-order valence-electron chi connectivity index (χ4n) is 3.07. The minimum Gasteiger partial charge on any atom is -0.468 e. The predicted molar refractivity (Wildman–Crippen MR) is 104 cm³/mol. The van der Waals surface area contributed by atoms with Crippen molar-refractivity contribution in [2.45, 2.75) is 24.9 Å². The van der Waals surface area contributed by atoms with Gasteiger partial charge >= 0.3 is 6.03 Å². The van der Waals surface area contributed by atoms with Crippen LogP contribution in [0.5, 0.6) is 0 Å². The molecule has 3 aromatic rings. The summed E-state index contributed by atoms with van der Waals surface area (Å²) in [4.78, 5) is 14.4. The van der Waals surface area contributed by atoms with Crippen molar-refractivity contribution in [3.05, 3.63) is 48.4 Å². The Hall–Kier alpha value is -3.20. The van der Waals surface area contributed by atoms with E-state index in [9.17, 15) is 4.79 Å². The number of anilines is 1. The summed E-state index contributed by atoms with van der Waals surface area (Å²) < 4.78 is 7.32. The van der Waals surface area contributed by atoms with E-state index in [4.69, 9.17) is 4.42 Å². The summed E-state index contributed by atoms with van der Waals surface area (Å²) >= 11 is 0. The Balaban J connectivity index is 1.40. The molecule has 2 heterocycles. The average Bonchev–Trinajstić information content (AvgIpc) is 3.17. The summed E-state index contributed by atoms with van der Waals surface area (Å²) in [6.07, 6.45) is 3.83. The molecule has 0 radical (unpaired) electrons. The Morgan fingerprint density at radius 3 is 2.89 bits per heavy atom. The van der Waals surface area contributed by atoms with Crippen molar-refractivity contribution in [2.24, 2.45) is 0 Å². The van der Waals surface area contributed by atoms with Gasteiger partial charge in [-0.25, -0.2) is 9.48 Å². The van der Waals surface area contributed by atoms with E-state index in [1.165, 1.54) is 0 Å². The van der Waals surface area contributed by atoms with Gasteiger partial charge in [0.05, 0.1) is 18.3 Å². The number of furan rings is 1. The van der Waals surface area contributed by atoms with Gasteiger partial charge in [-0.1, -0.05) is 12.1 Å². The lowest BCUT2D eigenvalue weighted by Crippen LogP contribution is -2.36. The molecule has 2 aromatic heterocycles. The van der Waals surface area contributed by atoms with E-state index in [2.05, 4.69) is 26.2 Å². The van der Waals surface area contributed by atoms with Crippen LogP contribution in [0.1, 0.15) is 30.7 Å². The van der Waals surface area contributed by atoms with Crippen LogP contribution >= 0.6 is 0 Å². The highest BCUT2D eigenvalue weighted by atomic mass is 16.3. The lowest BCUT2D eigenvalue weighted by molar-refractivity contribution is 0.233. The number of hydrogen-bond acceptors (Lipinski definition) is 6. The molecule has 1 aliphatic rings. The van der Waals surface area contributed by atoms with Crippen LogP contribution in [-0.4, -0.2) is 51.8 Å². The van der Waals surface area contributed by atoms with E-state index in [0.29, 0.717) is 18.3 Å². The zero-order valence-electron chi connectivity index (χ0n) is 15.9. The molecule has 0 unspecified atom stereocenters. The molecular weight excluding hydrogens is 358 g/mol. The Morgan fingerprint density at radius 1 is 1.32 bits per heavy atom. The van der Waals surface area contributed by atoms with Crippen LogP contribution in [0.25, 0.3) is 11.4 Å². The Bertz CT molecular complexity index is 931. The molecule has 1 atom stereocenters. The first kappa shape index (κ1) is 18.2. The number of amides is 2. The quantitative estimate of drug-likeness (QED) is 0.653. The van der Waals surface area contributed by atoms with Gasteiger partial charge in [0.25, 0.3) is 0 Å². The van der Waals surface area contributed by atoms with E-state index >= 15 is 0 Å². The molecule has 28 heavy (non-hydrogen) atoms. The van der Waals surface area contributed by atoms with Crippen LogP contribution in [0.15, 0.2) is 47.1 Å². The SMILES string of the molecule is CN(C)[C@@H](CNC(=O)Nc1cccc(-c2nnnn2C2CC2)c1)c1ccco1. The van der Waals surface area contributed by atoms with Gasteiger partial charge in [-0.05, 0) is 61.6 Å². The lowest BCUT2D eigenvalue weighted by Gasteiger charge is -2.22. The summed E-state index contributed by atoms with van der Waals surface area (Å²) in [5.74, 6) is 1.52.